The monoisotopic (exact) mass is 375 g/mol. The summed E-state index contributed by atoms with van der Waals surface area (Å²) in [6.07, 6.45) is 0. The lowest BCUT2D eigenvalue weighted by molar-refractivity contribution is -0.149. The normalized spacial score (nSPS) is 10.2. The minimum atomic E-state index is -0.601. The first kappa shape index (κ1) is 19.2. The number of anilines is 1. The highest BCUT2D eigenvalue weighted by Crippen LogP contribution is 2.21. The van der Waals surface area contributed by atoms with Crippen LogP contribution in [-0.4, -0.2) is 25.1 Å². The molecule has 0 aliphatic rings. The third kappa shape index (κ3) is 5.71. The molecule has 0 aliphatic carbocycles. The average Bonchev–Trinajstić information content (AvgIpc) is 2.72. The Morgan fingerprint density at radius 3 is 2.25 bits per heavy atom. The van der Waals surface area contributed by atoms with Gasteiger partial charge in [-0.15, -0.1) is 0 Å². The fourth-order valence-corrected chi connectivity index (χ4v) is 2.61. The van der Waals surface area contributed by atoms with E-state index in [1.807, 2.05) is 79.7 Å². The van der Waals surface area contributed by atoms with Crippen molar-refractivity contribution in [2.45, 2.75) is 6.92 Å². The van der Waals surface area contributed by atoms with E-state index in [1.54, 1.807) is 6.07 Å². The molecule has 5 heteroatoms. The lowest BCUT2D eigenvalue weighted by Gasteiger charge is -2.09. The van der Waals surface area contributed by atoms with Crippen LogP contribution in [0.2, 0.25) is 0 Å². The number of aryl methyl sites for hydroxylation is 1. The Balaban J connectivity index is 1.43. The summed E-state index contributed by atoms with van der Waals surface area (Å²) in [5.74, 6) is -0.424. The molecule has 0 unspecified atom stereocenters. The van der Waals surface area contributed by atoms with Crippen LogP contribution in [0.4, 0.5) is 5.69 Å². The van der Waals surface area contributed by atoms with E-state index in [0.29, 0.717) is 11.4 Å². The van der Waals surface area contributed by atoms with Crippen molar-refractivity contribution in [1.82, 2.24) is 0 Å². The molecule has 0 aromatic heterocycles. The third-order valence-corrected chi connectivity index (χ3v) is 3.99. The zero-order valence-electron chi connectivity index (χ0n) is 15.6. The van der Waals surface area contributed by atoms with Gasteiger partial charge in [-0.3, -0.25) is 4.79 Å². The second kappa shape index (κ2) is 9.37. The first-order valence-corrected chi connectivity index (χ1v) is 8.90. The lowest BCUT2D eigenvalue weighted by Crippen LogP contribution is -2.23. The summed E-state index contributed by atoms with van der Waals surface area (Å²) < 4.78 is 10.3. The molecule has 0 fully saturated rings. The largest absolute Gasteiger partial charge is 0.482 e. The topological polar surface area (TPSA) is 64.6 Å². The van der Waals surface area contributed by atoms with Gasteiger partial charge in [0.2, 0.25) is 0 Å². The highest BCUT2D eigenvalue weighted by molar-refractivity contribution is 5.93. The summed E-state index contributed by atoms with van der Waals surface area (Å²) in [6.45, 7) is 1.32. The number of benzene rings is 3. The molecule has 1 amide bonds. The van der Waals surface area contributed by atoms with Crippen LogP contribution < -0.4 is 10.1 Å². The van der Waals surface area contributed by atoms with Gasteiger partial charge in [-0.05, 0) is 47.9 Å². The number of carbonyl (C=O) groups excluding carboxylic acids is 2. The van der Waals surface area contributed by atoms with Crippen LogP contribution >= 0.6 is 0 Å². The molecule has 3 aromatic rings. The Morgan fingerprint density at radius 1 is 0.821 bits per heavy atom. The fraction of sp³-hybridized carbons (Fsp3) is 0.130. The molecule has 3 aromatic carbocycles. The summed E-state index contributed by atoms with van der Waals surface area (Å²) in [7, 11) is 0. The molecule has 0 radical (unpaired) electrons. The van der Waals surface area contributed by atoms with E-state index in [4.69, 9.17) is 9.47 Å². The molecule has 0 spiro atoms. The minimum absolute atomic E-state index is 0.248. The number of amides is 1. The number of esters is 1. The molecule has 0 saturated heterocycles. The maximum Gasteiger partial charge on any atom is 0.344 e. The first-order chi connectivity index (χ1) is 13.6. The first-order valence-electron chi connectivity index (χ1n) is 8.90. The van der Waals surface area contributed by atoms with E-state index in [2.05, 4.69) is 5.32 Å². The number of nitrogens with one attached hydrogen (secondary N) is 1. The molecule has 28 heavy (non-hydrogen) atoms. The molecular weight excluding hydrogens is 354 g/mol. The van der Waals surface area contributed by atoms with Crippen LogP contribution in [0.1, 0.15) is 5.56 Å². The number of carbonyl (C=O) groups is 2. The second-order valence-electron chi connectivity index (χ2n) is 6.26. The van der Waals surface area contributed by atoms with E-state index >= 15 is 0 Å². The zero-order chi connectivity index (χ0) is 19.8. The van der Waals surface area contributed by atoms with E-state index in [1.165, 1.54) is 0 Å². The molecule has 3 rings (SSSR count). The summed E-state index contributed by atoms with van der Waals surface area (Å²) in [5, 5.41) is 2.70. The Morgan fingerprint density at radius 2 is 1.54 bits per heavy atom. The number of hydrogen-bond donors (Lipinski definition) is 1. The van der Waals surface area contributed by atoms with Gasteiger partial charge >= 0.3 is 5.97 Å². The minimum Gasteiger partial charge on any atom is -0.482 e. The van der Waals surface area contributed by atoms with Gasteiger partial charge in [0.05, 0.1) is 0 Å². The highest BCUT2D eigenvalue weighted by atomic mass is 16.6. The molecule has 0 saturated carbocycles. The predicted octanol–water partition coefficient (Wildman–Crippen LogP) is 4.22. The van der Waals surface area contributed by atoms with Gasteiger partial charge in [0.15, 0.2) is 13.2 Å². The van der Waals surface area contributed by atoms with E-state index in [9.17, 15) is 9.59 Å². The van der Waals surface area contributed by atoms with E-state index in [-0.39, 0.29) is 13.2 Å². The SMILES string of the molecule is Cc1cccc(OCC(=O)OCC(=O)Nc2ccc(-c3ccccc3)cc2)c1. The molecule has 0 atom stereocenters. The average molecular weight is 375 g/mol. The fourth-order valence-electron chi connectivity index (χ4n) is 2.61. The van der Waals surface area contributed by atoms with Gasteiger partial charge in [0.25, 0.3) is 5.91 Å². The maximum atomic E-state index is 12.0. The predicted molar refractivity (Wildman–Crippen MR) is 108 cm³/mol. The quantitative estimate of drug-likeness (QED) is 0.628. The van der Waals surface area contributed by atoms with Crippen LogP contribution in [-0.2, 0) is 14.3 Å². The molecule has 142 valence electrons. The standard InChI is InChI=1S/C23H21NO4/c1-17-6-5-9-21(14-17)27-16-23(26)28-15-22(25)24-20-12-10-19(11-13-20)18-7-3-2-4-8-18/h2-14H,15-16H2,1H3,(H,24,25). The molecule has 0 bridgehead atoms. The Kier molecular flexibility index (Phi) is 6.41. The molecule has 5 nitrogen and oxygen atoms in total. The Hall–Kier alpha value is -3.60. The highest BCUT2D eigenvalue weighted by Gasteiger charge is 2.09. The van der Waals surface area contributed by atoms with Crippen LogP contribution in [0.25, 0.3) is 11.1 Å². The van der Waals surface area contributed by atoms with Crippen molar-refractivity contribution >= 4 is 17.6 Å². The van der Waals surface area contributed by atoms with Gasteiger partial charge in [-0.1, -0.05) is 54.6 Å². The van der Waals surface area contributed by atoms with Gasteiger partial charge in [0, 0.05) is 5.69 Å². The molecule has 0 aliphatic heterocycles. The number of hydrogen-bond acceptors (Lipinski definition) is 4. The van der Waals surface area contributed by atoms with E-state index < -0.39 is 11.9 Å². The third-order valence-electron chi connectivity index (χ3n) is 3.99. The van der Waals surface area contributed by atoms with Crippen molar-refractivity contribution in [3.63, 3.8) is 0 Å². The van der Waals surface area contributed by atoms with Gasteiger partial charge in [-0.25, -0.2) is 4.79 Å². The zero-order valence-corrected chi connectivity index (χ0v) is 15.6. The van der Waals surface area contributed by atoms with E-state index in [0.717, 1.165) is 16.7 Å². The number of ether oxygens (including phenoxy) is 2. The van der Waals surface area contributed by atoms with Crippen LogP contribution in [0.5, 0.6) is 5.75 Å². The summed E-state index contributed by atoms with van der Waals surface area (Å²) in [6, 6.07) is 24.8. The van der Waals surface area contributed by atoms with Gasteiger partial charge in [0.1, 0.15) is 5.75 Å². The van der Waals surface area contributed by atoms with Crippen molar-refractivity contribution in [2.75, 3.05) is 18.5 Å². The summed E-state index contributed by atoms with van der Waals surface area (Å²) in [5.41, 5.74) is 3.82. The van der Waals surface area contributed by atoms with Crippen LogP contribution in [0.3, 0.4) is 0 Å². The van der Waals surface area contributed by atoms with Crippen molar-refractivity contribution in [3.8, 4) is 16.9 Å². The van der Waals surface area contributed by atoms with Gasteiger partial charge < -0.3 is 14.8 Å². The van der Waals surface area contributed by atoms with Gasteiger partial charge in [-0.2, -0.15) is 0 Å². The smallest absolute Gasteiger partial charge is 0.344 e. The summed E-state index contributed by atoms with van der Waals surface area (Å²) in [4.78, 5) is 23.7. The van der Waals surface area contributed by atoms with Crippen molar-refractivity contribution in [2.24, 2.45) is 0 Å². The van der Waals surface area contributed by atoms with Crippen LogP contribution in [0, 0.1) is 6.92 Å². The van der Waals surface area contributed by atoms with Crippen molar-refractivity contribution < 1.29 is 19.1 Å². The molecule has 1 N–H and O–H groups in total. The number of rotatable bonds is 7. The second-order valence-corrected chi connectivity index (χ2v) is 6.26. The molecular formula is C23H21NO4. The maximum absolute atomic E-state index is 12.0. The Labute approximate surface area is 163 Å². The lowest BCUT2D eigenvalue weighted by atomic mass is 10.1. The molecule has 0 heterocycles. The van der Waals surface area contributed by atoms with Crippen molar-refractivity contribution in [1.29, 1.82) is 0 Å². The summed E-state index contributed by atoms with van der Waals surface area (Å²) >= 11 is 0. The van der Waals surface area contributed by atoms with Crippen molar-refractivity contribution in [3.05, 3.63) is 84.4 Å². The van der Waals surface area contributed by atoms with Crippen LogP contribution in [0.15, 0.2) is 78.9 Å². The Bertz CT molecular complexity index is 936.